The number of fused-ring (bicyclic) bond motifs is 1. The molecule has 23 heavy (non-hydrogen) atoms. The Balaban J connectivity index is 2.16. The Bertz CT molecular complexity index is 449. The van der Waals surface area contributed by atoms with E-state index < -0.39 is 8.32 Å². The van der Waals surface area contributed by atoms with Crippen molar-refractivity contribution in [3.05, 3.63) is 11.6 Å². The van der Waals surface area contributed by atoms with E-state index in [9.17, 15) is 5.11 Å². The highest BCUT2D eigenvalue weighted by Crippen LogP contribution is 2.56. The summed E-state index contributed by atoms with van der Waals surface area (Å²) in [5.74, 6) is 1.14. The molecule has 134 valence electrons. The monoisotopic (exact) mass is 338 g/mol. The third-order valence-corrected chi connectivity index (χ3v) is 11.6. The lowest BCUT2D eigenvalue weighted by Gasteiger charge is -2.49. The van der Waals surface area contributed by atoms with Gasteiger partial charge in [0.1, 0.15) is 0 Å². The van der Waals surface area contributed by atoms with Crippen LogP contribution in [0.4, 0.5) is 0 Å². The van der Waals surface area contributed by atoms with Gasteiger partial charge in [-0.25, -0.2) is 0 Å². The predicted molar refractivity (Wildman–Crippen MR) is 101 cm³/mol. The van der Waals surface area contributed by atoms with Crippen molar-refractivity contribution in [2.45, 2.75) is 91.0 Å². The summed E-state index contributed by atoms with van der Waals surface area (Å²) in [6, 6.07) is 0. The van der Waals surface area contributed by atoms with Gasteiger partial charge in [0.15, 0.2) is 8.32 Å². The van der Waals surface area contributed by atoms with Gasteiger partial charge in [-0.05, 0) is 61.1 Å². The average molecular weight is 339 g/mol. The van der Waals surface area contributed by atoms with Gasteiger partial charge in [0.05, 0.1) is 0 Å². The molecular formula is C20H38O2Si. The lowest BCUT2D eigenvalue weighted by molar-refractivity contribution is 0.0156. The summed E-state index contributed by atoms with van der Waals surface area (Å²) in [5.41, 5.74) is 1.89. The van der Waals surface area contributed by atoms with Crippen LogP contribution in [-0.2, 0) is 4.43 Å². The second kappa shape index (κ2) is 6.65. The van der Waals surface area contributed by atoms with Gasteiger partial charge in [-0.15, -0.1) is 0 Å². The molecule has 0 saturated heterocycles. The van der Waals surface area contributed by atoms with E-state index in [-0.39, 0.29) is 5.04 Å². The van der Waals surface area contributed by atoms with Crippen LogP contribution in [0, 0.1) is 17.3 Å². The SMILES string of the molecule is C[C@H](CCO)C1=CC[C@H]2C(O[Si](C)(C)C(C)(C)C)CCCC12C. The fourth-order valence-corrected chi connectivity index (χ4v) is 5.93. The van der Waals surface area contributed by atoms with Crippen molar-refractivity contribution in [2.24, 2.45) is 17.3 Å². The van der Waals surface area contributed by atoms with Crippen LogP contribution in [0.2, 0.25) is 18.1 Å². The zero-order valence-electron chi connectivity index (χ0n) is 16.4. The maximum absolute atomic E-state index is 9.33. The maximum Gasteiger partial charge on any atom is 0.192 e. The van der Waals surface area contributed by atoms with E-state index in [1.165, 1.54) is 25.7 Å². The lowest BCUT2D eigenvalue weighted by atomic mass is 9.63. The largest absolute Gasteiger partial charge is 0.414 e. The molecule has 1 N–H and O–H groups in total. The summed E-state index contributed by atoms with van der Waals surface area (Å²) in [6.45, 7) is 16.8. The first kappa shape index (κ1) is 19.2. The molecule has 0 aromatic carbocycles. The Morgan fingerprint density at radius 3 is 2.61 bits per heavy atom. The van der Waals surface area contributed by atoms with Crippen molar-refractivity contribution in [3.8, 4) is 0 Å². The van der Waals surface area contributed by atoms with E-state index in [0.29, 0.717) is 30.0 Å². The summed E-state index contributed by atoms with van der Waals surface area (Å²) in [6.07, 6.45) is 8.75. The zero-order valence-corrected chi connectivity index (χ0v) is 17.4. The summed E-state index contributed by atoms with van der Waals surface area (Å²) < 4.78 is 6.87. The third kappa shape index (κ3) is 3.62. The lowest BCUT2D eigenvalue weighted by Crippen LogP contribution is -2.49. The number of hydrogen-bond donors (Lipinski definition) is 1. The normalized spacial score (nSPS) is 33.3. The van der Waals surface area contributed by atoms with E-state index in [1.54, 1.807) is 5.57 Å². The minimum absolute atomic E-state index is 0.278. The van der Waals surface area contributed by atoms with Gasteiger partial charge in [0.25, 0.3) is 0 Å². The second-order valence-corrected chi connectivity index (χ2v) is 14.4. The highest BCUT2D eigenvalue weighted by atomic mass is 28.4. The number of allylic oxidation sites excluding steroid dienone is 2. The van der Waals surface area contributed by atoms with Crippen LogP contribution in [-0.4, -0.2) is 26.1 Å². The molecule has 0 aromatic rings. The molecule has 0 heterocycles. The molecule has 2 aliphatic carbocycles. The fourth-order valence-electron chi connectivity index (χ4n) is 4.53. The highest BCUT2D eigenvalue weighted by Gasteiger charge is 2.51. The van der Waals surface area contributed by atoms with Gasteiger partial charge in [-0.3, -0.25) is 0 Å². The minimum atomic E-state index is -1.71. The van der Waals surface area contributed by atoms with Gasteiger partial charge in [-0.1, -0.05) is 52.7 Å². The molecule has 2 nitrogen and oxygen atoms in total. The topological polar surface area (TPSA) is 29.5 Å². The average Bonchev–Trinajstić information content (AvgIpc) is 2.75. The van der Waals surface area contributed by atoms with Crippen molar-refractivity contribution in [3.63, 3.8) is 0 Å². The van der Waals surface area contributed by atoms with Crippen LogP contribution in [0.15, 0.2) is 11.6 Å². The van der Waals surface area contributed by atoms with Crippen molar-refractivity contribution < 1.29 is 9.53 Å². The zero-order chi connectivity index (χ0) is 17.5. The quantitative estimate of drug-likeness (QED) is 0.527. The number of hydrogen-bond acceptors (Lipinski definition) is 2. The second-order valence-electron chi connectivity index (χ2n) is 9.64. The maximum atomic E-state index is 9.33. The molecule has 2 rings (SSSR count). The van der Waals surface area contributed by atoms with Crippen molar-refractivity contribution in [1.29, 1.82) is 0 Å². The Hall–Kier alpha value is -0.123. The van der Waals surface area contributed by atoms with Gasteiger partial charge in [0, 0.05) is 12.7 Å². The molecule has 0 aromatic heterocycles. The van der Waals surface area contributed by atoms with Crippen LogP contribution in [0.5, 0.6) is 0 Å². The first-order valence-electron chi connectivity index (χ1n) is 9.52. The number of aliphatic hydroxyl groups is 1. The number of aliphatic hydroxyl groups excluding tert-OH is 1. The van der Waals surface area contributed by atoms with Crippen LogP contribution < -0.4 is 0 Å². The van der Waals surface area contributed by atoms with E-state index in [0.717, 1.165) is 6.42 Å². The molecule has 2 unspecified atom stereocenters. The van der Waals surface area contributed by atoms with Gasteiger partial charge >= 0.3 is 0 Å². The molecule has 3 heteroatoms. The molecule has 2 aliphatic rings. The third-order valence-electron chi connectivity index (χ3n) is 7.05. The van der Waals surface area contributed by atoms with Crippen molar-refractivity contribution in [1.82, 2.24) is 0 Å². The van der Waals surface area contributed by atoms with E-state index in [4.69, 9.17) is 4.43 Å². The molecule has 0 radical (unpaired) electrons. The smallest absolute Gasteiger partial charge is 0.192 e. The van der Waals surface area contributed by atoms with E-state index in [2.05, 4.69) is 53.8 Å². The fraction of sp³-hybridized carbons (Fsp3) is 0.900. The molecule has 1 fully saturated rings. The first-order valence-corrected chi connectivity index (χ1v) is 12.4. The standard InChI is InChI=1S/C20H38O2Si/c1-15(12-14-21)16-10-11-17-18(9-8-13-20(16,17)5)22-23(6,7)19(2,3)4/h10,15,17-18,21H,8-9,11-14H2,1-7H3/t15-,17+,18?,20?/m1/s1. The summed E-state index contributed by atoms with van der Waals surface area (Å²) in [4.78, 5) is 0. The van der Waals surface area contributed by atoms with Gasteiger partial charge < -0.3 is 9.53 Å². The summed E-state index contributed by atoms with van der Waals surface area (Å²) in [7, 11) is -1.71. The minimum Gasteiger partial charge on any atom is -0.414 e. The predicted octanol–water partition coefficient (Wildman–Crippen LogP) is 5.53. The molecule has 0 bridgehead atoms. The number of rotatable bonds is 5. The molecule has 1 saturated carbocycles. The summed E-state index contributed by atoms with van der Waals surface area (Å²) >= 11 is 0. The van der Waals surface area contributed by atoms with E-state index in [1.807, 2.05) is 0 Å². The Morgan fingerprint density at radius 1 is 1.39 bits per heavy atom. The molecule has 4 atom stereocenters. The van der Waals surface area contributed by atoms with Crippen LogP contribution in [0.1, 0.15) is 66.7 Å². The summed E-state index contributed by atoms with van der Waals surface area (Å²) in [5, 5.41) is 9.60. The Morgan fingerprint density at radius 2 is 2.04 bits per heavy atom. The van der Waals surface area contributed by atoms with Gasteiger partial charge in [0.2, 0.25) is 0 Å². The molecule has 0 spiro atoms. The van der Waals surface area contributed by atoms with Gasteiger partial charge in [-0.2, -0.15) is 0 Å². The highest BCUT2D eigenvalue weighted by molar-refractivity contribution is 6.74. The Labute approximate surface area is 144 Å². The molecular weight excluding hydrogens is 300 g/mol. The Kier molecular flexibility index (Phi) is 5.55. The molecule has 0 aliphatic heterocycles. The van der Waals surface area contributed by atoms with Crippen molar-refractivity contribution in [2.75, 3.05) is 6.61 Å². The van der Waals surface area contributed by atoms with E-state index >= 15 is 0 Å². The van der Waals surface area contributed by atoms with Crippen LogP contribution in [0.25, 0.3) is 0 Å². The van der Waals surface area contributed by atoms with Crippen molar-refractivity contribution >= 4 is 8.32 Å². The van der Waals surface area contributed by atoms with Crippen LogP contribution >= 0.6 is 0 Å². The first-order chi connectivity index (χ1) is 10.5. The van der Waals surface area contributed by atoms with Crippen LogP contribution in [0.3, 0.4) is 0 Å². The molecule has 0 amide bonds.